The van der Waals surface area contributed by atoms with Gasteiger partial charge in [0.05, 0.1) is 40.4 Å². The maximum Gasteiger partial charge on any atom is 0.197 e. The van der Waals surface area contributed by atoms with Crippen molar-refractivity contribution in [3.05, 3.63) is 41.2 Å². The summed E-state index contributed by atoms with van der Waals surface area (Å²) in [6.45, 7) is 3.83. The van der Waals surface area contributed by atoms with Gasteiger partial charge in [0.25, 0.3) is 0 Å². The van der Waals surface area contributed by atoms with Crippen LogP contribution in [-0.4, -0.2) is 31.4 Å². The molecule has 0 bridgehead atoms. The van der Waals surface area contributed by atoms with Crippen molar-refractivity contribution in [1.82, 2.24) is 15.0 Å². The molecule has 120 valence electrons. The third-order valence-electron chi connectivity index (χ3n) is 3.68. The molecular weight excluding hydrogens is 314 g/mol. The molecule has 23 heavy (non-hydrogen) atoms. The highest BCUT2D eigenvalue weighted by Crippen LogP contribution is 2.26. The van der Waals surface area contributed by atoms with E-state index in [4.69, 9.17) is 4.74 Å². The van der Waals surface area contributed by atoms with Gasteiger partial charge in [-0.05, 0) is 26.0 Å². The molecule has 1 aromatic carbocycles. The molecule has 0 spiro atoms. The Balaban J connectivity index is 1.91. The summed E-state index contributed by atoms with van der Waals surface area (Å²) in [4.78, 5) is 11.7. The summed E-state index contributed by atoms with van der Waals surface area (Å²) in [5.74, 6) is 1.15. The third kappa shape index (κ3) is 2.92. The first-order valence-electron chi connectivity index (χ1n) is 7.05. The lowest BCUT2D eigenvalue weighted by molar-refractivity contribution is 0.407. The standard InChI is InChI=1S/C16H17N3O3S/c1-9-7-17-14(10(2)15(9)22-3)8-23(21)16-18-12-5-4-11(20)6-13(12)19-16/h4-7,20H,8H2,1-3H3,(H,18,19)/t23-/m0/s1. The number of H-pyrrole nitrogens is 1. The van der Waals surface area contributed by atoms with E-state index in [9.17, 15) is 9.32 Å². The lowest BCUT2D eigenvalue weighted by Crippen LogP contribution is -2.05. The van der Waals surface area contributed by atoms with E-state index in [0.29, 0.717) is 21.9 Å². The molecule has 3 rings (SSSR count). The lowest BCUT2D eigenvalue weighted by Gasteiger charge is -2.11. The van der Waals surface area contributed by atoms with Crippen LogP contribution in [0.3, 0.4) is 0 Å². The molecule has 3 aromatic rings. The van der Waals surface area contributed by atoms with Crippen molar-refractivity contribution in [1.29, 1.82) is 0 Å². The van der Waals surface area contributed by atoms with Gasteiger partial charge in [0.2, 0.25) is 0 Å². The molecule has 0 saturated carbocycles. The molecule has 1 atom stereocenters. The van der Waals surface area contributed by atoms with Crippen LogP contribution in [0.4, 0.5) is 0 Å². The number of imidazole rings is 1. The maximum absolute atomic E-state index is 12.6. The second-order valence-corrected chi connectivity index (χ2v) is 6.65. The number of benzene rings is 1. The fourth-order valence-electron chi connectivity index (χ4n) is 2.49. The van der Waals surface area contributed by atoms with Gasteiger partial charge in [0.1, 0.15) is 11.5 Å². The van der Waals surface area contributed by atoms with E-state index in [2.05, 4.69) is 15.0 Å². The van der Waals surface area contributed by atoms with E-state index in [1.54, 1.807) is 31.5 Å². The number of fused-ring (bicyclic) bond motifs is 1. The molecular formula is C16H17N3O3S. The van der Waals surface area contributed by atoms with E-state index in [0.717, 1.165) is 16.9 Å². The van der Waals surface area contributed by atoms with Crippen LogP contribution in [0.5, 0.6) is 11.5 Å². The SMILES string of the molecule is COc1c(C)cnc(C[S@](=O)c2nc3ccc(O)cc3[nH]2)c1C. The predicted molar refractivity (Wildman–Crippen MR) is 88.1 cm³/mol. The molecule has 6 nitrogen and oxygen atoms in total. The molecule has 0 unspecified atom stereocenters. The smallest absolute Gasteiger partial charge is 0.197 e. The topological polar surface area (TPSA) is 88.1 Å². The van der Waals surface area contributed by atoms with Crippen molar-refractivity contribution >= 4 is 21.8 Å². The van der Waals surface area contributed by atoms with Gasteiger partial charge in [-0.1, -0.05) is 0 Å². The number of pyridine rings is 1. The molecule has 2 N–H and O–H groups in total. The highest BCUT2D eigenvalue weighted by molar-refractivity contribution is 7.84. The number of hydrogen-bond acceptors (Lipinski definition) is 5. The van der Waals surface area contributed by atoms with E-state index in [1.807, 2.05) is 13.8 Å². The van der Waals surface area contributed by atoms with Gasteiger partial charge in [0.15, 0.2) is 5.16 Å². The summed E-state index contributed by atoms with van der Waals surface area (Å²) in [6.07, 6.45) is 1.72. The minimum atomic E-state index is -1.37. The summed E-state index contributed by atoms with van der Waals surface area (Å²) < 4.78 is 18.0. The fraction of sp³-hybridized carbons (Fsp3) is 0.250. The Morgan fingerprint density at radius 3 is 2.87 bits per heavy atom. The Hall–Kier alpha value is -2.41. The van der Waals surface area contributed by atoms with Crippen molar-refractivity contribution < 1.29 is 14.1 Å². The quantitative estimate of drug-likeness (QED) is 0.767. The molecule has 7 heteroatoms. The summed E-state index contributed by atoms with van der Waals surface area (Å²) >= 11 is 0. The minimum absolute atomic E-state index is 0.138. The van der Waals surface area contributed by atoms with E-state index in [-0.39, 0.29) is 11.5 Å². The average Bonchev–Trinajstić information content (AvgIpc) is 2.93. The fourth-order valence-corrected chi connectivity index (χ4v) is 3.59. The Kier molecular flexibility index (Phi) is 4.04. The number of phenols is 1. The van der Waals surface area contributed by atoms with Crippen molar-refractivity contribution in [2.75, 3.05) is 7.11 Å². The second kappa shape index (κ2) is 6.00. The van der Waals surface area contributed by atoms with Crippen molar-refractivity contribution in [2.45, 2.75) is 24.8 Å². The number of aromatic hydroxyl groups is 1. The normalized spacial score (nSPS) is 12.5. The van der Waals surface area contributed by atoms with Crippen LogP contribution < -0.4 is 4.74 Å². The molecule has 2 heterocycles. The zero-order chi connectivity index (χ0) is 16.6. The monoisotopic (exact) mass is 331 g/mol. The van der Waals surface area contributed by atoms with E-state index < -0.39 is 10.8 Å². The van der Waals surface area contributed by atoms with Crippen LogP contribution in [0.15, 0.2) is 29.6 Å². The number of hydrogen-bond donors (Lipinski definition) is 2. The third-order valence-corrected chi connectivity index (χ3v) is 4.84. The number of ether oxygens (including phenoxy) is 1. The van der Waals surface area contributed by atoms with Gasteiger partial charge in [-0.15, -0.1) is 0 Å². The highest BCUT2D eigenvalue weighted by Gasteiger charge is 2.16. The summed E-state index contributed by atoms with van der Waals surface area (Å²) in [6, 6.07) is 4.79. The summed E-state index contributed by atoms with van der Waals surface area (Å²) in [5, 5.41) is 9.85. The number of nitrogens with zero attached hydrogens (tertiary/aromatic N) is 2. The van der Waals surface area contributed by atoms with Gasteiger partial charge in [-0.25, -0.2) is 4.98 Å². The van der Waals surface area contributed by atoms with Gasteiger partial charge < -0.3 is 14.8 Å². The molecule has 0 radical (unpaired) electrons. The Bertz CT molecular complexity index is 905. The zero-order valence-electron chi connectivity index (χ0n) is 13.1. The lowest BCUT2D eigenvalue weighted by atomic mass is 10.1. The van der Waals surface area contributed by atoms with Crippen LogP contribution >= 0.6 is 0 Å². The van der Waals surface area contributed by atoms with Gasteiger partial charge in [0, 0.05) is 23.4 Å². The number of aryl methyl sites for hydroxylation is 1. The molecule has 2 aromatic heterocycles. The Morgan fingerprint density at radius 2 is 2.13 bits per heavy atom. The molecule has 0 aliphatic heterocycles. The zero-order valence-corrected chi connectivity index (χ0v) is 13.9. The van der Waals surface area contributed by atoms with Gasteiger partial charge >= 0.3 is 0 Å². The number of aromatic amines is 1. The van der Waals surface area contributed by atoms with Crippen molar-refractivity contribution in [2.24, 2.45) is 0 Å². The maximum atomic E-state index is 12.6. The van der Waals surface area contributed by atoms with Crippen molar-refractivity contribution in [3.8, 4) is 11.5 Å². The average molecular weight is 331 g/mol. The van der Waals surface area contributed by atoms with Crippen LogP contribution in [0.2, 0.25) is 0 Å². The number of phenolic OH excluding ortho intramolecular Hbond substituents is 1. The van der Waals surface area contributed by atoms with Crippen LogP contribution in [0.1, 0.15) is 16.8 Å². The second-order valence-electron chi connectivity index (χ2n) is 5.28. The van der Waals surface area contributed by atoms with Crippen LogP contribution in [0.25, 0.3) is 11.0 Å². The summed E-state index contributed by atoms with van der Waals surface area (Å²) in [5.41, 5.74) is 3.86. The number of nitrogens with one attached hydrogen (secondary N) is 1. The molecule has 0 aliphatic carbocycles. The first-order chi connectivity index (χ1) is 11.0. The molecule has 0 fully saturated rings. The van der Waals surface area contributed by atoms with Crippen LogP contribution in [-0.2, 0) is 16.6 Å². The van der Waals surface area contributed by atoms with Gasteiger partial charge in [-0.2, -0.15) is 0 Å². The minimum Gasteiger partial charge on any atom is -0.508 e. The largest absolute Gasteiger partial charge is 0.508 e. The number of rotatable bonds is 4. The van der Waals surface area contributed by atoms with Crippen LogP contribution in [0, 0.1) is 13.8 Å². The van der Waals surface area contributed by atoms with Gasteiger partial charge in [-0.3, -0.25) is 9.19 Å². The molecule has 0 aliphatic rings. The molecule has 0 amide bonds. The first kappa shape index (κ1) is 15.5. The molecule has 0 saturated heterocycles. The van der Waals surface area contributed by atoms with E-state index in [1.165, 1.54) is 0 Å². The predicted octanol–water partition coefficient (Wildman–Crippen LogP) is 2.60. The summed E-state index contributed by atoms with van der Waals surface area (Å²) in [7, 11) is 0.246. The number of aromatic nitrogens is 3. The first-order valence-corrected chi connectivity index (χ1v) is 8.37. The Morgan fingerprint density at radius 1 is 1.35 bits per heavy atom. The Labute approximate surface area is 136 Å². The van der Waals surface area contributed by atoms with E-state index >= 15 is 0 Å². The number of methoxy groups -OCH3 is 1. The highest BCUT2D eigenvalue weighted by atomic mass is 32.2. The van der Waals surface area contributed by atoms with Crippen molar-refractivity contribution in [3.63, 3.8) is 0 Å².